The molecule has 1 nitrogen and oxygen atoms in total. The summed E-state index contributed by atoms with van der Waals surface area (Å²) < 4.78 is 0. The molecule has 0 aromatic rings. The van der Waals surface area contributed by atoms with Crippen molar-refractivity contribution in [1.82, 2.24) is 0 Å². The van der Waals surface area contributed by atoms with Crippen molar-refractivity contribution in [2.75, 3.05) is 51.8 Å². The molecule has 20 heavy (non-hydrogen) atoms. The standard InChI is InChI=1S/C14H29NS5/c1-13(15)14-12-19-6-2-4-16-8-10-18-11-9-17-5-3-7-20-14/h13-14H,2-12,15H2,1H3. The molecule has 1 aliphatic rings. The minimum absolute atomic E-state index is 0.327. The van der Waals surface area contributed by atoms with Gasteiger partial charge in [-0.1, -0.05) is 0 Å². The van der Waals surface area contributed by atoms with Gasteiger partial charge in [0, 0.05) is 40.1 Å². The monoisotopic (exact) mass is 371 g/mol. The van der Waals surface area contributed by atoms with Crippen LogP contribution in [0.4, 0.5) is 0 Å². The fourth-order valence-electron chi connectivity index (χ4n) is 1.75. The number of rotatable bonds is 1. The van der Waals surface area contributed by atoms with Crippen LogP contribution in [0.5, 0.6) is 0 Å². The van der Waals surface area contributed by atoms with Gasteiger partial charge >= 0.3 is 0 Å². The fraction of sp³-hybridized carbons (Fsp3) is 1.00. The van der Waals surface area contributed by atoms with Gasteiger partial charge in [-0.05, 0) is 42.8 Å². The Hall–Kier alpha value is 1.71. The third kappa shape index (κ3) is 11.3. The Balaban J connectivity index is 2.23. The highest BCUT2D eigenvalue weighted by atomic mass is 32.2. The molecule has 0 saturated carbocycles. The SMILES string of the molecule is CC(N)C1CSCCCSCCSCCSCCCS1. The summed E-state index contributed by atoms with van der Waals surface area (Å²) in [5.41, 5.74) is 6.12. The van der Waals surface area contributed by atoms with Crippen LogP contribution in [-0.2, 0) is 0 Å². The lowest BCUT2D eigenvalue weighted by Gasteiger charge is -2.20. The van der Waals surface area contributed by atoms with Crippen LogP contribution in [0.15, 0.2) is 0 Å². The van der Waals surface area contributed by atoms with Gasteiger partial charge in [-0.3, -0.25) is 0 Å². The molecule has 1 aliphatic heterocycles. The van der Waals surface area contributed by atoms with Gasteiger partial charge in [0.2, 0.25) is 0 Å². The molecular weight excluding hydrogens is 342 g/mol. The number of hydrogen-bond acceptors (Lipinski definition) is 6. The van der Waals surface area contributed by atoms with E-state index in [4.69, 9.17) is 5.73 Å². The molecule has 0 spiro atoms. The Labute approximate surface area is 146 Å². The molecule has 0 radical (unpaired) electrons. The largest absolute Gasteiger partial charge is 0.327 e. The van der Waals surface area contributed by atoms with E-state index in [1.807, 2.05) is 0 Å². The van der Waals surface area contributed by atoms with Crippen LogP contribution in [0.25, 0.3) is 0 Å². The second-order valence-electron chi connectivity index (χ2n) is 4.89. The van der Waals surface area contributed by atoms with E-state index in [-0.39, 0.29) is 0 Å². The molecule has 6 heteroatoms. The predicted octanol–water partition coefficient (Wildman–Crippen LogP) is 4.16. The van der Waals surface area contributed by atoms with Gasteiger partial charge in [0.1, 0.15) is 0 Å². The Bertz CT molecular complexity index is 198. The zero-order chi connectivity index (χ0) is 14.5. The van der Waals surface area contributed by atoms with Crippen molar-refractivity contribution in [3.05, 3.63) is 0 Å². The van der Waals surface area contributed by atoms with Crippen molar-refractivity contribution >= 4 is 58.8 Å². The summed E-state index contributed by atoms with van der Waals surface area (Å²) in [5, 5.41) is 0.642. The molecule has 1 saturated heterocycles. The first-order chi connectivity index (χ1) is 9.80. The average molecular weight is 372 g/mol. The minimum atomic E-state index is 0.327. The lowest BCUT2D eigenvalue weighted by molar-refractivity contribution is 0.736. The van der Waals surface area contributed by atoms with Gasteiger partial charge in [-0.2, -0.15) is 58.8 Å². The molecular formula is C14H29NS5. The molecule has 0 bridgehead atoms. The lowest BCUT2D eigenvalue weighted by Crippen LogP contribution is -2.31. The van der Waals surface area contributed by atoms with Crippen LogP contribution < -0.4 is 5.73 Å². The van der Waals surface area contributed by atoms with E-state index in [0.29, 0.717) is 11.3 Å². The maximum Gasteiger partial charge on any atom is 0.0286 e. The van der Waals surface area contributed by atoms with Crippen molar-refractivity contribution in [2.45, 2.75) is 31.1 Å². The van der Waals surface area contributed by atoms with Crippen molar-refractivity contribution < 1.29 is 0 Å². The third-order valence-electron chi connectivity index (χ3n) is 2.95. The lowest BCUT2D eigenvalue weighted by atomic mass is 10.3. The fourth-order valence-corrected chi connectivity index (χ4v) is 7.95. The zero-order valence-electron chi connectivity index (χ0n) is 12.6. The first-order valence-electron chi connectivity index (χ1n) is 7.49. The van der Waals surface area contributed by atoms with Crippen molar-refractivity contribution in [1.29, 1.82) is 0 Å². The van der Waals surface area contributed by atoms with E-state index >= 15 is 0 Å². The Kier molecular flexibility index (Phi) is 14.1. The summed E-state index contributed by atoms with van der Waals surface area (Å²) in [5.74, 6) is 11.8. The number of hydrogen-bond donors (Lipinski definition) is 1. The first-order valence-corrected chi connectivity index (χ1v) is 13.2. The Morgan fingerprint density at radius 2 is 1.25 bits per heavy atom. The van der Waals surface area contributed by atoms with Crippen LogP contribution in [0, 0.1) is 0 Å². The van der Waals surface area contributed by atoms with Crippen LogP contribution in [0.1, 0.15) is 19.8 Å². The summed E-state index contributed by atoms with van der Waals surface area (Å²) in [4.78, 5) is 0. The number of nitrogens with two attached hydrogens (primary N) is 1. The molecule has 0 aromatic heterocycles. The molecule has 2 N–H and O–H groups in total. The molecule has 1 rings (SSSR count). The molecule has 120 valence electrons. The molecule has 0 aromatic carbocycles. The van der Waals surface area contributed by atoms with Crippen molar-refractivity contribution in [2.24, 2.45) is 5.73 Å². The van der Waals surface area contributed by atoms with E-state index in [2.05, 4.69) is 65.7 Å². The molecule has 0 amide bonds. The summed E-state index contributed by atoms with van der Waals surface area (Å²) >= 11 is 10.6. The molecule has 1 fully saturated rings. The summed E-state index contributed by atoms with van der Waals surface area (Å²) in [6.45, 7) is 2.17. The molecule has 2 atom stereocenters. The quantitative estimate of drug-likeness (QED) is 0.743. The Morgan fingerprint density at radius 3 is 1.85 bits per heavy atom. The van der Waals surface area contributed by atoms with Crippen molar-refractivity contribution in [3.63, 3.8) is 0 Å². The first kappa shape index (κ1) is 19.8. The Morgan fingerprint density at radius 1 is 0.750 bits per heavy atom. The minimum Gasteiger partial charge on any atom is -0.327 e. The second-order valence-corrected chi connectivity index (χ2v) is 11.1. The summed E-state index contributed by atoms with van der Waals surface area (Å²) in [7, 11) is 0. The maximum absolute atomic E-state index is 6.12. The van der Waals surface area contributed by atoms with E-state index in [1.165, 1.54) is 64.6 Å². The van der Waals surface area contributed by atoms with Crippen LogP contribution in [0.3, 0.4) is 0 Å². The van der Waals surface area contributed by atoms with Crippen LogP contribution in [0.2, 0.25) is 0 Å². The highest BCUT2D eigenvalue weighted by molar-refractivity contribution is 8.05. The normalized spacial score (nSPS) is 27.6. The highest BCUT2D eigenvalue weighted by Gasteiger charge is 2.14. The summed E-state index contributed by atoms with van der Waals surface area (Å²) in [6.07, 6.45) is 2.69. The number of thioether (sulfide) groups is 5. The molecule has 1 heterocycles. The topological polar surface area (TPSA) is 26.0 Å². The predicted molar refractivity (Wildman–Crippen MR) is 108 cm³/mol. The van der Waals surface area contributed by atoms with Gasteiger partial charge in [0.15, 0.2) is 0 Å². The van der Waals surface area contributed by atoms with E-state index in [1.54, 1.807) is 0 Å². The zero-order valence-corrected chi connectivity index (χ0v) is 16.6. The third-order valence-corrected chi connectivity index (χ3v) is 9.53. The maximum atomic E-state index is 6.12. The average Bonchev–Trinajstić information content (AvgIpc) is 2.43. The summed E-state index contributed by atoms with van der Waals surface area (Å²) in [6, 6.07) is 0.327. The van der Waals surface area contributed by atoms with Gasteiger partial charge in [-0.25, -0.2) is 0 Å². The van der Waals surface area contributed by atoms with Gasteiger partial charge < -0.3 is 5.73 Å². The van der Waals surface area contributed by atoms with E-state index in [0.717, 1.165) is 0 Å². The smallest absolute Gasteiger partial charge is 0.0286 e. The van der Waals surface area contributed by atoms with Crippen molar-refractivity contribution in [3.8, 4) is 0 Å². The molecule has 0 aliphatic carbocycles. The van der Waals surface area contributed by atoms with Gasteiger partial charge in [0.25, 0.3) is 0 Å². The second kappa shape index (κ2) is 14.3. The van der Waals surface area contributed by atoms with Crippen LogP contribution in [-0.4, -0.2) is 63.1 Å². The highest BCUT2D eigenvalue weighted by Crippen LogP contribution is 2.22. The van der Waals surface area contributed by atoms with Gasteiger partial charge in [0.05, 0.1) is 0 Å². The van der Waals surface area contributed by atoms with Crippen LogP contribution >= 0.6 is 58.8 Å². The van der Waals surface area contributed by atoms with E-state index < -0.39 is 0 Å². The van der Waals surface area contributed by atoms with Gasteiger partial charge in [-0.15, -0.1) is 0 Å². The molecule has 2 unspecified atom stereocenters. The van der Waals surface area contributed by atoms with E-state index in [9.17, 15) is 0 Å².